The van der Waals surface area contributed by atoms with Crippen LogP contribution in [-0.2, 0) is 28.5 Å². The molecule has 13 heteroatoms. The van der Waals surface area contributed by atoms with Gasteiger partial charge in [-0.3, -0.25) is 9.78 Å². The van der Waals surface area contributed by atoms with Crippen molar-refractivity contribution >= 4 is 23.9 Å². The van der Waals surface area contributed by atoms with E-state index in [1.54, 1.807) is 38.1 Å². The molecule has 1 aliphatic heterocycles. The van der Waals surface area contributed by atoms with Crippen LogP contribution in [0, 0.1) is 11.3 Å². The first-order valence-corrected chi connectivity index (χ1v) is 15.6. The third-order valence-electron chi connectivity index (χ3n) is 10.0. The summed E-state index contributed by atoms with van der Waals surface area (Å²) >= 11 is 0. The highest BCUT2D eigenvalue weighted by Crippen LogP contribution is 2.68. The van der Waals surface area contributed by atoms with E-state index in [-0.39, 0.29) is 29.5 Å². The molecule has 2 aromatic heterocycles. The summed E-state index contributed by atoms with van der Waals surface area (Å²) in [5.41, 5.74) is -7.11. The Morgan fingerprint density at radius 2 is 1.60 bits per heavy atom. The Balaban J connectivity index is 1.60. The maximum absolute atomic E-state index is 14.0. The second kappa shape index (κ2) is 12.1. The van der Waals surface area contributed by atoms with Crippen molar-refractivity contribution in [3.05, 3.63) is 90.1 Å². The van der Waals surface area contributed by atoms with Gasteiger partial charge in [-0.15, -0.1) is 0 Å². The summed E-state index contributed by atoms with van der Waals surface area (Å²) in [4.78, 5) is 57.7. The summed E-state index contributed by atoms with van der Waals surface area (Å²) in [6, 6.07) is 12.4. The Kier molecular flexibility index (Phi) is 8.42. The number of fused-ring (bicyclic) bond motifs is 1. The third-order valence-corrected chi connectivity index (χ3v) is 10.0. The van der Waals surface area contributed by atoms with E-state index in [1.165, 1.54) is 56.1 Å². The number of carbonyl (C=O) groups is 4. The van der Waals surface area contributed by atoms with Crippen LogP contribution in [0.2, 0.25) is 0 Å². The number of aromatic nitrogens is 1. The number of rotatable bonds is 8. The van der Waals surface area contributed by atoms with Crippen molar-refractivity contribution < 1.29 is 57.5 Å². The Hall–Kier alpha value is -4.59. The van der Waals surface area contributed by atoms with Gasteiger partial charge < -0.3 is 38.3 Å². The highest BCUT2D eigenvalue weighted by atomic mass is 16.6. The third kappa shape index (κ3) is 5.17. The van der Waals surface area contributed by atoms with Gasteiger partial charge in [-0.25, -0.2) is 14.4 Å². The van der Waals surface area contributed by atoms with Crippen molar-refractivity contribution in [1.82, 2.24) is 4.98 Å². The monoisotopic (exact) mass is 663 g/mol. The van der Waals surface area contributed by atoms with Crippen LogP contribution in [-0.4, -0.2) is 86.9 Å². The first-order valence-electron chi connectivity index (χ1n) is 15.6. The lowest BCUT2D eigenvalue weighted by Gasteiger charge is -2.65. The molecule has 6 rings (SSSR count). The van der Waals surface area contributed by atoms with Crippen molar-refractivity contribution in [1.29, 1.82) is 0 Å². The average Bonchev–Trinajstić information content (AvgIpc) is 3.65. The van der Waals surface area contributed by atoms with E-state index in [2.05, 4.69) is 4.98 Å². The fourth-order valence-electron chi connectivity index (χ4n) is 8.01. The Labute approximate surface area is 276 Å². The van der Waals surface area contributed by atoms with Crippen molar-refractivity contribution in [2.24, 2.45) is 11.3 Å². The first-order chi connectivity index (χ1) is 22.7. The average molecular weight is 664 g/mol. The molecule has 0 unspecified atom stereocenters. The van der Waals surface area contributed by atoms with Crippen LogP contribution in [0.25, 0.3) is 0 Å². The van der Waals surface area contributed by atoms with E-state index >= 15 is 0 Å². The van der Waals surface area contributed by atoms with Crippen LogP contribution in [0.4, 0.5) is 0 Å². The zero-order valence-corrected chi connectivity index (χ0v) is 26.9. The van der Waals surface area contributed by atoms with Crippen molar-refractivity contribution in [2.75, 3.05) is 6.61 Å². The Morgan fingerprint density at radius 3 is 2.25 bits per heavy atom. The van der Waals surface area contributed by atoms with Crippen LogP contribution in [0.3, 0.4) is 0 Å². The van der Waals surface area contributed by atoms with Crippen LogP contribution in [0.5, 0.6) is 0 Å². The summed E-state index contributed by atoms with van der Waals surface area (Å²) in [6.07, 6.45) is -0.908. The summed E-state index contributed by atoms with van der Waals surface area (Å²) in [5, 5.41) is 24.7. The summed E-state index contributed by atoms with van der Waals surface area (Å²) in [7, 11) is 0. The highest BCUT2D eigenvalue weighted by Gasteiger charge is 2.86. The lowest BCUT2D eigenvalue weighted by molar-refractivity contribution is -0.346. The molecule has 2 bridgehead atoms. The van der Waals surface area contributed by atoms with Crippen LogP contribution in [0.15, 0.2) is 77.9 Å². The molecular formula is C35H37NO12. The predicted octanol–water partition coefficient (Wildman–Crippen LogP) is 3.28. The van der Waals surface area contributed by atoms with E-state index in [4.69, 9.17) is 28.1 Å². The fraction of sp³-hybridized carbons (Fsp3) is 0.457. The fourth-order valence-corrected chi connectivity index (χ4v) is 8.01. The second-order valence-electron chi connectivity index (χ2n) is 13.3. The van der Waals surface area contributed by atoms with Gasteiger partial charge in [0.25, 0.3) is 0 Å². The Bertz CT molecular complexity index is 1670. The molecule has 254 valence electrons. The lowest BCUT2D eigenvalue weighted by atomic mass is 9.46. The van der Waals surface area contributed by atoms with Gasteiger partial charge in [0, 0.05) is 19.3 Å². The minimum atomic E-state index is -2.10. The first kappa shape index (κ1) is 33.3. The van der Waals surface area contributed by atoms with Crippen LogP contribution >= 0.6 is 0 Å². The normalized spacial score (nSPS) is 33.2. The van der Waals surface area contributed by atoms with E-state index in [0.717, 1.165) is 6.92 Å². The molecule has 3 heterocycles. The van der Waals surface area contributed by atoms with E-state index in [0.29, 0.717) is 0 Å². The second-order valence-corrected chi connectivity index (χ2v) is 13.3. The zero-order valence-electron chi connectivity index (χ0n) is 26.9. The summed E-state index contributed by atoms with van der Waals surface area (Å²) in [5.74, 6) is -4.39. The molecular weight excluding hydrogens is 626 g/mol. The van der Waals surface area contributed by atoms with Gasteiger partial charge in [0.2, 0.25) is 0 Å². The van der Waals surface area contributed by atoms with Crippen LogP contribution in [0.1, 0.15) is 71.6 Å². The molecule has 3 aromatic rings. The molecule has 2 aliphatic carbocycles. The molecule has 8 atom stereocenters. The van der Waals surface area contributed by atoms with Gasteiger partial charge >= 0.3 is 23.9 Å². The number of aliphatic hydroxyl groups is 2. The molecule has 2 saturated carbocycles. The van der Waals surface area contributed by atoms with Crippen LogP contribution < -0.4 is 0 Å². The minimum absolute atomic E-state index is 0.0441. The van der Waals surface area contributed by atoms with Gasteiger partial charge in [0.15, 0.2) is 6.10 Å². The SMILES string of the molecule is CC(=O)OC[C@@]12[C@@H](OC(=O)c3ccoc3)CC[C@](C)(O)[C@]13OC(C)(C)[C@H]([C@@H](OC(=O)c1cccnc1)[C@H]2OC(=O)c1ccccc1)[C@H]3O. The van der Waals surface area contributed by atoms with Gasteiger partial charge in [-0.05, 0) is 63.9 Å². The topological polar surface area (TPSA) is 181 Å². The van der Waals surface area contributed by atoms with Gasteiger partial charge in [-0.1, -0.05) is 18.2 Å². The number of pyridine rings is 1. The molecule has 1 aromatic carbocycles. The largest absolute Gasteiger partial charge is 0.472 e. The number of hydrogen-bond acceptors (Lipinski definition) is 13. The number of nitrogens with zero attached hydrogens (tertiary/aromatic N) is 1. The number of carbonyl (C=O) groups excluding carboxylic acids is 4. The minimum Gasteiger partial charge on any atom is -0.472 e. The maximum Gasteiger partial charge on any atom is 0.341 e. The van der Waals surface area contributed by atoms with Gasteiger partial charge in [-0.2, -0.15) is 0 Å². The number of ether oxygens (including phenoxy) is 5. The van der Waals surface area contributed by atoms with Crippen molar-refractivity contribution in [3.63, 3.8) is 0 Å². The highest BCUT2D eigenvalue weighted by molar-refractivity contribution is 5.91. The zero-order chi connectivity index (χ0) is 34.5. The van der Waals surface area contributed by atoms with E-state index in [1.807, 2.05) is 0 Å². The quantitative estimate of drug-likeness (QED) is 0.265. The molecule has 13 nitrogen and oxygen atoms in total. The molecule has 48 heavy (non-hydrogen) atoms. The molecule has 1 spiro atoms. The van der Waals surface area contributed by atoms with E-state index < -0.39 is 83.0 Å². The molecule has 3 fully saturated rings. The molecule has 2 N–H and O–H groups in total. The molecule has 1 saturated heterocycles. The number of benzene rings is 1. The molecule has 0 radical (unpaired) electrons. The number of esters is 4. The summed E-state index contributed by atoms with van der Waals surface area (Å²) < 4.78 is 36.1. The number of furan rings is 1. The smallest absolute Gasteiger partial charge is 0.341 e. The number of aliphatic hydroxyl groups excluding tert-OH is 1. The maximum atomic E-state index is 14.0. The number of hydrogen-bond donors (Lipinski definition) is 2. The van der Waals surface area contributed by atoms with E-state index in [9.17, 15) is 29.4 Å². The van der Waals surface area contributed by atoms with Gasteiger partial charge in [0.1, 0.15) is 36.1 Å². The van der Waals surface area contributed by atoms with Gasteiger partial charge in [0.05, 0.1) is 46.2 Å². The Morgan fingerprint density at radius 1 is 0.917 bits per heavy atom. The molecule has 3 aliphatic rings. The van der Waals surface area contributed by atoms with Crippen molar-refractivity contribution in [3.8, 4) is 0 Å². The molecule has 0 amide bonds. The standard InChI is InChI=1S/C35H37NO12/c1-20(37)44-19-34-24(45-31(41)23-13-16-43-18-23)12-14-33(4,42)35(34)27(38)25(32(2,3)48-35)26(46-30(40)22-11-8-15-36-17-22)28(34)47-29(39)21-9-6-5-7-10-21/h5-11,13,15-18,24-28,38,42H,12,14,19H2,1-4H3/t24-,25+,26+,27+,28+,33-,34-,35-/m0/s1. The lowest BCUT2D eigenvalue weighted by Crippen LogP contribution is -2.83. The summed E-state index contributed by atoms with van der Waals surface area (Å²) in [6.45, 7) is 5.24. The predicted molar refractivity (Wildman–Crippen MR) is 163 cm³/mol. The van der Waals surface area contributed by atoms with Crippen molar-refractivity contribution in [2.45, 2.75) is 81.8 Å².